The van der Waals surface area contributed by atoms with Gasteiger partial charge in [0.15, 0.2) is 0 Å². The first-order valence-electron chi connectivity index (χ1n) is 19.8. The van der Waals surface area contributed by atoms with E-state index in [4.69, 9.17) is 4.42 Å². The van der Waals surface area contributed by atoms with Crippen molar-refractivity contribution in [1.29, 1.82) is 0 Å². The van der Waals surface area contributed by atoms with Gasteiger partial charge >= 0.3 is 0 Å². The smallest absolute Gasteiger partial charge is 0.138 e. The summed E-state index contributed by atoms with van der Waals surface area (Å²) in [6.45, 7) is 10.3. The summed E-state index contributed by atoms with van der Waals surface area (Å²) in [7, 11) is 0. The molecule has 0 spiro atoms. The van der Waals surface area contributed by atoms with Gasteiger partial charge in [-0.2, -0.15) is 0 Å². The molecule has 3 nitrogen and oxygen atoms in total. The second kappa shape index (κ2) is 15.2. The fourth-order valence-corrected chi connectivity index (χ4v) is 8.36. The van der Waals surface area contributed by atoms with Crippen LogP contribution in [0.2, 0.25) is 0 Å². The minimum Gasteiger partial charge on any atom is -0.456 e. The number of nitrogens with zero attached hydrogens (tertiary/aromatic N) is 2. The van der Waals surface area contributed by atoms with Crippen molar-refractivity contribution in [3.8, 4) is 16.8 Å². The highest BCUT2D eigenvalue weighted by Crippen LogP contribution is 2.40. The molecule has 0 saturated carbocycles. The molecule has 0 amide bonds. The van der Waals surface area contributed by atoms with Crippen LogP contribution >= 0.6 is 0 Å². The molecule has 0 bridgehead atoms. The molecule has 0 saturated heterocycles. The summed E-state index contributed by atoms with van der Waals surface area (Å²) < 4.78 is 8.83. The van der Waals surface area contributed by atoms with Crippen LogP contribution in [0, 0.1) is 0 Å². The van der Waals surface area contributed by atoms with Crippen molar-refractivity contribution in [2.45, 2.75) is 27.2 Å². The van der Waals surface area contributed by atoms with Gasteiger partial charge in [0, 0.05) is 50.2 Å². The SMILES string of the molecule is C=Cc1oc(/C(=C\C)c2ccc(N(c3ccccc3)c3ccc(-c4ccc5c(c4)c4ccccc4n5-c4ccc5ccccc5c4)cc3)cc2)c(CC)c1/C=C\C. The van der Waals surface area contributed by atoms with Crippen LogP contribution in [-0.2, 0) is 6.42 Å². The average molecular weight is 737 g/mol. The molecule has 0 aliphatic heterocycles. The number of para-hydroxylation sites is 2. The first kappa shape index (κ1) is 35.6. The third-order valence-corrected chi connectivity index (χ3v) is 11.1. The molecular weight excluding hydrogens is 693 g/mol. The summed E-state index contributed by atoms with van der Waals surface area (Å²) in [5.74, 6) is 1.71. The minimum atomic E-state index is 0.808. The Morgan fingerprint density at radius 1 is 0.632 bits per heavy atom. The van der Waals surface area contributed by atoms with Gasteiger partial charge in [-0.3, -0.25) is 0 Å². The molecule has 9 aromatic rings. The van der Waals surface area contributed by atoms with Crippen LogP contribution in [0.15, 0.2) is 187 Å². The molecule has 9 rings (SSSR count). The number of hydrogen-bond acceptors (Lipinski definition) is 2. The highest BCUT2D eigenvalue weighted by molar-refractivity contribution is 6.10. The third kappa shape index (κ3) is 6.37. The average Bonchev–Trinajstić information content (AvgIpc) is 3.79. The van der Waals surface area contributed by atoms with E-state index in [1.807, 2.05) is 13.0 Å². The van der Waals surface area contributed by atoms with Crippen molar-refractivity contribution in [2.24, 2.45) is 0 Å². The van der Waals surface area contributed by atoms with E-state index in [0.717, 1.165) is 51.7 Å². The first-order valence-corrected chi connectivity index (χ1v) is 19.8. The van der Waals surface area contributed by atoms with Gasteiger partial charge in [-0.15, -0.1) is 0 Å². The van der Waals surface area contributed by atoms with Crippen LogP contribution in [0.4, 0.5) is 17.1 Å². The van der Waals surface area contributed by atoms with E-state index >= 15 is 0 Å². The highest BCUT2D eigenvalue weighted by Gasteiger charge is 2.21. The molecule has 57 heavy (non-hydrogen) atoms. The van der Waals surface area contributed by atoms with Crippen molar-refractivity contribution in [3.63, 3.8) is 0 Å². The quantitative estimate of drug-likeness (QED) is 0.139. The molecule has 0 radical (unpaired) electrons. The van der Waals surface area contributed by atoms with Crippen LogP contribution in [0.1, 0.15) is 49.0 Å². The predicted octanol–water partition coefficient (Wildman–Crippen LogP) is 15.4. The van der Waals surface area contributed by atoms with Crippen molar-refractivity contribution < 1.29 is 4.42 Å². The maximum absolute atomic E-state index is 6.44. The zero-order valence-corrected chi connectivity index (χ0v) is 32.6. The lowest BCUT2D eigenvalue weighted by atomic mass is 9.96. The fraction of sp³-hybridized carbons (Fsp3) is 0.0741. The van der Waals surface area contributed by atoms with E-state index < -0.39 is 0 Å². The van der Waals surface area contributed by atoms with Gasteiger partial charge in [-0.1, -0.05) is 129 Å². The maximum atomic E-state index is 6.44. The summed E-state index contributed by atoms with van der Waals surface area (Å²) in [5.41, 5.74) is 13.7. The van der Waals surface area contributed by atoms with E-state index in [2.05, 4.69) is 212 Å². The second-order valence-electron chi connectivity index (χ2n) is 14.3. The summed E-state index contributed by atoms with van der Waals surface area (Å²) >= 11 is 0. The van der Waals surface area contributed by atoms with Crippen LogP contribution in [-0.4, -0.2) is 4.57 Å². The van der Waals surface area contributed by atoms with Gasteiger partial charge in [-0.05, 0) is 121 Å². The molecule has 0 aliphatic carbocycles. The molecule has 0 fully saturated rings. The Hall–Kier alpha value is -7.10. The molecule has 7 aromatic carbocycles. The van der Waals surface area contributed by atoms with Crippen LogP contribution < -0.4 is 4.90 Å². The van der Waals surface area contributed by atoms with Crippen molar-refractivity contribution in [1.82, 2.24) is 4.57 Å². The molecular formula is C54H44N2O. The normalized spacial score (nSPS) is 11.9. The van der Waals surface area contributed by atoms with Gasteiger partial charge in [0.25, 0.3) is 0 Å². The van der Waals surface area contributed by atoms with E-state index in [-0.39, 0.29) is 0 Å². The molecule has 0 N–H and O–H groups in total. The van der Waals surface area contributed by atoms with Crippen molar-refractivity contribution >= 4 is 67.4 Å². The Bertz CT molecular complexity index is 2960. The Morgan fingerprint density at radius 3 is 2.00 bits per heavy atom. The lowest BCUT2D eigenvalue weighted by Crippen LogP contribution is -2.09. The van der Waals surface area contributed by atoms with Gasteiger partial charge in [0.2, 0.25) is 0 Å². The third-order valence-electron chi connectivity index (χ3n) is 11.1. The summed E-state index contributed by atoms with van der Waals surface area (Å²) in [5, 5.41) is 4.97. The Morgan fingerprint density at radius 2 is 1.28 bits per heavy atom. The lowest BCUT2D eigenvalue weighted by Gasteiger charge is -2.26. The van der Waals surface area contributed by atoms with Crippen molar-refractivity contribution in [2.75, 3.05) is 4.90 Å². The lowest BCUT2D eigenvalue weighted by molar-refractivity contribution is 0.540. The summed E-state index contributed by atoms with van der Waals surface area (Å²) in [6, 6.07) is 59.2. The van der Waals surface area contributed by atoms with Crippen LogP contribution in [0.25, 0.3) is 67.1 Å². The summed E-state index contributed by atoms with van der Waals surface area (Å²) in [4.78, 5) is 2.31. The molecule has 2 heterocycles. The maximum Gasteiger partial charge on any atom is 0.138 e. The van der Waals surface area contributed by atoms with Gasteiger partial charge in [-0.25, -0.2) is 0 Å². The number of fused-ring (bicyclic) bond motifs is 4. The molecule has 0 aliphatic rings. The molecule has 276 valence electrons. The van der Waals surface area contributed by atoms with E-state index in [0.29, 0.717) is 0 Å². The zero-order valence-electron chi connectivity index (χ0n) is 32.6. The number of allylic oxidation sites excluding steroid dienone is 2. The first-order chi connectivity index (χ1) is 28.1. The van der Waals surface area contributed by atoms with Gasteiger partial charge in [0.1, 0.15) is 11.5 Å². The van der Waals surface area contributed by atoms with E-state index in [9.17, 15) is 0 Å². The number of aromatic nitrogens is 1. The van der Waals surface area contributed by atoms with Gasteiger partial charge < -0.3 is 13.9 Å². The second-order valence-corrected chi connectivity index (χ2v) is 14.3. The molecule has 2 aromatic heterocycles. The highest BCUT2D eigenvalue weighted by atomic mass is 16.3. The molecule has 0 unspecified atom stereocenters. The largest absolute Gasteiger partial charge is 0.456 e. The topological polar surface area (TPSA) is 21.3 Å². The fourth-order valence-electron chi connectivity index (χ4n) is 8.36. The van der Waals surface area contributed by atoms with Crippen LogP contribution in [0.3, 0.4) is 0 Å². The monoisotopic (exact) mass is 736 g/mol. The zero-order chi connectivity index (χ0) is 38.9. The van der Waals surface area contributed by atoms with Gasteiger partial charge in [0.05, 0.1) is 11.0 Å². The summed E-state index contributed by atoms with van der Waals surface area (Å²) in [6.07, 6.45) is 8.99. The van der Waals surface area contributed by atoms with Crippen molar-refractivity contribution in [3.05, 3.63) is 211 Å². The number of anilines is 3. The minimum absolute atomic E-state index is 0.808. The standard InChI is InChI=1S/C54H44N2O/c1-5-16-49-47(7-3)54(57-53(49)8-4)46(6-2)39-26-31-44(32-27-39)55(42-19-10-9-11-20-42)43-29-23-38(24-30-43)41-28-34-52-50(36-41)48-21-14-15-22-51(48)56(52)45-33-25-37-17-12-13-18-40(37)35-45/h5-6,8-36H,4,7H2,1-3H3/b16-5-,46-6-. The number of hydrogen-bond donors (Lipinski definition) is 0. The van der Waals surface area contributed by atoms with E-state index in [1.54, 1.807) is 0 Å². The Balaban J connectivity index is 1.07. The number of benzene rings is 7. The van der Waals surface area contributed by atoms with E-state index in [1.165, 1.54) is 55.0 Å². The molecule has 0 atom stereocenters. The number of furan rings is 1. The Kier molecular flexibility index (Phi) is 9.49. The number of rotatable bonds is 10. The van der Waals surface area contributed by atoms with Crippen LogP contribution in [0.5, 0.6) is 0 Å². The predicted molar refractivity (Wildman–Crippen MR) is 244 cm³/mol. The molecule has 3 heteroatoms. The Labute approximate surface area is 334 Å².